The van der Waals surface area contributed by atoms with Crippen LogP contribution < -0.4 is 14.8 Å². The van der Waals surface area contributed by atoms with E-state index in [4.69, 9.17) is 9.47 Å². The van der Waals surface area contributed by atoms with Gasteiger partial charge in [0.25, 0.3) is 5.91 Å². The van der Waals surface area contributed by atoms with Crippen molar-refractivity contribution in [2.75, 3.05) is 33.4 Å². The molecule has 0 aromatic heterocycles. The van der Waals surface area contributed by atoms with Crippen LogP contribution in [0.1, 0.15) is 15.9 Å². The summed E-state index contributed by atoms with van der Waals surface area (Å²) in [6.07, 6.45) is 0. The number of nitrogens with one attached hydrogen (secondary N) is 1. The summed E-state index contributed by atoms with van der Waals surface area (Å²) in [5.74, 6) is -0.495. The van der Waals surface area contributed by atoms with E-state index >= 15 is 0 Å². The fourth-order valence-electron chi connectivity index (χ4n) is 3.03. The van der Waals surface area contributed by atoms with Crippen molar-refractivity contribution in [1.29, 1.82) is 0 Å². The van der Waals surface area contributed by atoms with Crippen LogP contribution in [0.15, 0.2) is 47.4 Å². The highest BCUT2D eigenvalue weighted by Gasteiger charge is 2.26. The first kappa shape index (κ1) is 22.9. The lowest BCUT2D eigenvalue weighted by molar-refractivity contribution is -0.0512. The molecule has 0 aliphatic carbocycles. The van der Waals surface area contributed by atoms with Crippen molar-refractivity contribution in [3.63, 3.8) is 0 Å². The predicted octanol–water partition coefficient (Wildman–Crippen LogP) is 2.25. The van der Waals surface area contributed by atoms with Crippen LogP contribution >= 0.6 is 0 Å². The van der Waals surface area contributed by atoms with Crippen LogP contribution in [0, 0.1) is 0 Å². The van der Waals surface area contributed by atoms with Crippen molar-refractivity contribution < 1.29 is 36.2 Å². The molecule has 1 fully saturated rings. The van der Waals surface area contributed by atoms with Crippen molar-refractivity contribution in [3.8, 4) is 11.5 Å². The third kappa shape index (κ3) is 5.69. The molecule has 1 saturated heterocycles. The number of morpholine rings is 1. The van der Waals surface area contributed by atoms with Gasteiger partial charge in [-0.2, -0.15) is 13.1 Å². The number of amides is 1. The maximum atomic E-state index is 12.8. The second kappa shape index (κ2) is 10.0. The number of rotatable bonds is 8. The lowest BCUT2D eigenvalue weighted by Gasteiger charge is -2.26. The molecule has 0 radical (unpaired) electrons. The van der Waals surface area contributed by atoms with Gasteiger partial charge in [0, 0.05) is 25.2 Å². The molecule has 0 saturated carbocycles. The van der Waals surface area contributed by atoms with Gasteiger partial charge in [0.15, 0.2) is 11.5 Å². The Balaban J connectivity index is 1.69. The largest absolute Gasteiger partial charge is 0.493 e. The topological polar surface area (TPSA) is 94.2 Å². The number of carbonyl (C=O) groups is 1. The summed E-state index contributed by atoms with van der Waals surface area (Å²) in [6.45, 7) is -1.75. The first-order valence-corrected chi connectivity index (χ1v) is 10.8. The molecule has 2 aromatic carbocycles. The number of halogens is 2. The van der Waals surface area contributed by atoms with Crippen LogP contribution in [-0.2, 0) is 21.3 Å². The van der Waals surface area contributed by atoms with Crippen molar-refractivity contribution in [1.82, 2.24) is 9.62 Å². The number of hydrogen-bond donors (Lipinski definition) is 1. The van der Waals surface area contributed by atoms with Crippen LogP contribution in [0.25, 0.3) is 0 Å². The Morgan fingerprint density at radius 3 is 2.58 bits per heavy atom. The number of benzene rings is 2. The van der Waals surface area contributed by atoms with Crippen molar-refractivity contribution >= 4 is 15.9 Å². The molecule has 168 valence electrons. The molecule has 1 aliphatic heterocycles. The molecule has 0 atom stereocenters. The molecule has 8 nitrogen and oxygen atoms in total. The smallest absolute Gasteiger partial charge is 0.387 e. The van der Waals surface area contributed by atoms with Gasteiger partial charge in [-0.25, -0.2) is 8.42 Å². The highest BCUT2D eigenvalue weighted by molar-refractivity contribution is 7.89. The molecule has 0 spiro atoms. The Kier molecular flexibility index (Phi) is 7.42. The van der Waals surface area contributed by atoms with Crippen LogP contribution in [0.4, 0.5) is 8.78 Å². The molecule has 11 heteroatoms. The first-order chi connectivity index (χ1) is 14.8. The minimum atomic E-state index is -3.73. The van der Waals surface area contributed by atoms with Crippen LogP contribution in [-0.4, -0.2) is 58.7 Å². The number of sulfonamides is 1. The summed E-state index contributed by atoms with van der Waals surface area (Å²) in [4.78, 5) is 12.6. The normalized spacial score (nSPS) is 15.0. The van der Waals surface area contributed by atoms with Gasteiger partial charge in [-0.05, 0) is 35.9 Å². The van der Waals surface area contributed by atoms with Crippen molar-refractivity contribution in [2.45, 2.75) is 18.1 Å². The minimum Gasteiger partial charge on any atom is -0.493 e. The average molecular weight is 456 g/mol. The highest BCUT2D eigenvalue weighted by Crippen LogP contribution is 2.29. The number of carbonyl (C=O) groups excluding carboxylic acids is 1. The standard InChI is InChI=1S/C20H22F2N2O6S/c1-28-18-11-14(5-6-17(18)30-20(21)22)13-23-19(25)15-3-2-4-16(12-15)31(26,27)24-7-9-29-10-8-24/h2-6,11-12,20H,7-10,13H2,1H3,(H,23,25). The van der Waals surface area contributed by atoms with E-state index in [-0.39, 0.29) is 41.6 Å². The number of methoxy groups -OCH3 is 1. The van der Waals surface area contributed by atoms with E-state index in [1.807, 2.05) is 0 Å². The Labute approximate surface area is 178 Å². The maximum absolute atomic E-state index is 12.8. The molecule has 1 amide bonds. The number of ether oxygens (including phenoxy) is 3. The molecule has 0 bridgehead atoms. The summed E-state index contributed by atoms with van der Waals surface area (Å²) in [6, 6.07) is 10.1. The van der Waals surface area contributed by atoms with Crippen molar-refractivity contribution in [3.05, 3.63) is 53.6 Å². The molecule has 2 aromatic rings. The summed E-state index contributed by atoms with van der Waals surface area (Å²) < 4.78 is 66.3. The lowest BCUT2D eigenvalue weighted by Crippen LogP contribution is -2.40. The van der Waals surface area contributed by atoms with E-state index in [0.717, 1.165) is 0 Å². The van der Waals surface area contributed by atoms with E-state index in [1.54, 1.807) is 0 Å². The molecular weight excluding hydrogens is 434 g/mol. The zero-order chi connectivity index (χ0) is 22.4. The van der Waals surface area contributed by atoms with Gasteiger partial charge in [-0.3, -0.25) is 4.79 Å². The van der Waals surface area contributed by atoms with Gasteiger partial charge < -0.3 is 19.5 Å². The van der Waals surface area contributed by atoms with E-state index < -0.39 is 22.5 Å². The quantitative estimate of drug-likeness (QED) is 0.655. The van der Waals surface area contributed by atoms with Crippen molar-refractivity contribution in [2.24, 2.45) is 0 Å². The summed E-state index contributed by atoms with van der Waals surface area (Å²) in [5.41, 5.74) is 0.767. The van der Waals surface area contributed by atoms with E-state index in [1.165, 1.54) is 53.9 Å². The average Bonchev–Trinajstić information content (AvgIpc) is 2.78. The maximum Gasteiger partial charge on any atom is 0.387 e. The van der Waals surface area contributed by atoms with Gasteiger partial charge in [0.1, 0.15) is 0 Å². The molecule has 3 rings (SSSR count). The zero-order valence-electron chi connectivity index (χ0n) is 16.7. The zero-order valence-corrected chi connectivity index (χ0v) is 17.5. The molecule has 31 heavy (non-hydrogen) atoms. The number of alkyl halides is 2. The van der Waals surface area contributed by atoms with Gasteiger partial charge in [-0.15, -0.1) is 0 Å². The summed E-state index contributed by atoms with van der Waals surface area (Å²) in [5, 5.41) is 2.67. The first-order valence-electron chi connectivity index (χ1n) is 9.39. The molecular formula is C20H22F2N2O6S. The fourth-order valence-corrected chi connectivity index (χ4v) is 4.49. The predicted molar refractivity (Wildman–Crippen MR) is 107 cm³/mol. The van der Waals surface area contributed by atoms with Crippen LogP contribution in [0.2, 0.25) is 0 Å². The van der Waals surface area contributed by atoms with E-state index in [2.05, 4.69) is 10.1 Å². The van der Waals surface area contributed by atoms with Gasteiger partial charge in [-0.1, -0.05) is 12.1 Å². The number of nitrogens with zero attached hydrogens (tertiary/aromatic N) is 1. The Hall–Kier alpha value is -2.76. The second-order valence-corrected chi connectivity index (χ2v) is 8.53. The van der Waals surface area contributed by atoms with Gasteiger partial charge in [0.2, 0.25) is 10.0 Å². The SMILES string of the molecule is COc1cc(CNC(=O)c2cccc(S(=O)(=O)N3CCOCC3)c2)ccc1OC(F)F. The third-order valence-electron chi connectivity index (χ3n) is 4.60. The Morgan fingerprint density at radius 1 is 1.16 bits per heavy atom. The van der Waals surface area contributed by atoms with Gasteiger partial charge >= 0.3 is 6.61 Å². The van der Waals surface area contributed by atoms with Gasteiger partial charge in [0.05, 0.1) is 25.2 Å². The minimum absolute atomic E-state index is 0.0252. The highest BCUT2D eigenvalue weighted by atomic mass is 32.2. The lowest BCUT2D eigenvalue weighted by atomic mass is 10.1. The fraction of sp³-hybridized carbons (Fsp3) is 0.350. The molecule has 1 heterocycles. The Bertz CT molecular complexity index is 1030. The molecule has 1 N–H and O–H groups in total. The van der Waals surface area contributed by atoms with E-state index in [9.17, 15) is 22.0 Å². The second-order valence-electron chi connectivity index (χ2n) is 6.59. The summed E-state index contributed by atoms with van der Waals surface area (Å²) in [7, 11) is -2.41. The molecule has 1 aliphatic rings. The third-order valence-corrected chi connectivity index (χ3v) is 6.50. The van der Waals surface area contributed by atoms with E-state index in [0.29, 0.717) is 18.8 Å². The van der Waals surface area contributed by atoms with Crippen LogP contribution in [0.3, 0.4) is 0 Å². The Morgan fingerprint density at radius 2 is 1.90 bits per heavy atom. The van der Waals surface area contributed by atoms with Crippen LogP contribution in [0.5, 0.6) is 11.5 Å². The monoisotopic (exact) mass is 456 g/mol. The summed E-state index contributed by atoms with van der Waals surface area (Å²) >= 11 is 0. The number of hydrogen-bond acceptors (Lipinski definition) is 6. The molecule has 0 unspecified atom stereocenters.